The molecular formula is C18H24N4O2. The molecule has 0 radical (unpaired) electrons. The number of carbonyl (C=O) groups excluding carboxylic acids is 1. The summed E-state index contributed by atoms with van der Waals surface area (Å²) in [4.78, 5) is 18.9. The first kappa shape index (κ1) is 16.6. The lowest BCUT2D eigenvalue weighted by Crippen LogP contribution is -2.40. The Labute approximate surface area is 142 Å². The van der Waals surface area contributed by atoms with Gasteiger partial charge in [0.1, 0.15) is 0 Å². The van der Waals surface area contributed by atoms with Crippen molar-refractivity contribution >= 4 is 5.91 Å². The van der Waals surface area contributed by atoms with Crippen LogP contribution in [-0.4, -0.2) is 45.3 Å². The highest BCUT2D eigenvalue weighted by Gasteiger charge is 2.31. The third-order valence-corrected chi connectivity index (χ3v) is 4.32. The highest BCUT2D eigenvalue weighted by atomic mass is 16.5. The molecule has 3 heterocycles. The molecule has 0 aromatic carbocycles. The van der Waals surface area contributed by atoms with E-state index in [1.165, 1.54) is 0 Å². The van der Waals surface area contributed by atoms with E-state index in [0.717, 1.165) is 23.5 Å². The van der Waals surface area contributed by atoms with E-state index in [-0.39, 0.29) is 11.8 Å². The average molecular weight is 328 g/mol. The van der Waals surface area contributed by atoms with Gasteiger partial charge in [0.15, 0.2) is 0 Å². The van der Waals surface area contributed by atoms with Crippen LogP contribution in [0.3, 0.4) is 0 Å². The third kappa shape index (κ3) is 3.64. The van der Waals surface area contributed by atoms with Crippen molar-refractivity contribution in [3.8, 4) is 0 Å². The number of fused-ring (bicyclic) bond motifs is 1. The van der Waals surface area contributed by atoms with Gasteiger partial charge in [-0.25, -0.2) is 0 Å². The number of hydrogen-bond donors (Lipinski definition) is 0. The monoisotopic (exact) mass is 328 g/mol. The zero-order valence-corrected chi connectivity index (χ0v) is 14.3. The zero-order chi connectivity index (χ0) is 16.9. The van der Waals surface area contributed by atoms with E-state index in [1.54, 1.807) is 6.20 Å². The molecule has 128 valence electrons. The Bertz CT molecular complexity index is 684. The van der Waals surface area contributed by atoms with Crippen molar-refractivity contribution in [1.29, 1.82) is 0 Å². The van der Waals surface area contributed by atoms with E-state index < -0.39 is 0 Å². The van der Waals surface area contributed by atoms with Crippen LogP contribution in [-0.2, 0) is 29.0 Å². The van der Waals surface area contributed by atoms with Crippen molar-refractivity contribution in [3.63, 3.8) is 0 Å². The maximum Gasteiger partial charge on any atom is 0.228 e. The smallest absolute Gasteiger partial charge is 0.228 e. The minimum absolute atomic E-state index is 0.102. The van der Waals surface area contributed by atoms with Gasteiger partial charge in [-0.3, -0.25) is 14.5 Å². The van der Waals surface area contributed by atoms with E-state index in [9.17, 15) is 4.79 Å². The third-order valence-electron chi connectivity index (χ3n) is 4.32. The molecule has 1 amide bonds. The molecule has 0 aliphatic carbocycles. The Morgan fingerprint density at radius 1 is 1.38 bits per heavy atom. The van der Waals surface area contributed by atoms with Crippen molar-refractivity contribution in [3.05, 3.63) is 47.5 Å². The van der Waals surface area contributed by atoms with Crippen LogP contribution in [0.25, 0.3) is 0 Å². The van der Waals surface area contributed by atoms with Gasteiger partial charge in [-0.2, -0.15) is 5.10 Å². The van der Waals surface area contributed by atoms with E-state index in [2.05, 4.69) is 23.2 Å². The number of carbonyl (C=O) groups is 1. The summed E-state index contributed by atoms with van der Waals surface area (Å²) in [5, 5.41) is 4.67. The van der Waals surface area contributed by atoms with Crippen LogP contribution in [0.1, 0.15) is 36.7 Å². The number of hydrogen-bond acceptors (Lipinski definition) is 4. The highest BCUT2D eigenvalue weighted by Crippen LogP contribution is 2.28. The fourth-order valence-corrected chi connectivity index (χ4v) is 3.08. The standard InChI is InChI=1S/C18H24N4O2/c1-3-22-12-14-10-21(11-15(13-24-4-2)18(14)20-22)17(23)9-16-7-5-6-8-19-16/h5-8,12,15H,3-4,9-11,13H2,1-2H3. The lowest BCUT2D eigenvalue weighted by atomic mass is 9.97. The summed E-state index contributed by atoms with van der Waals surface area (Å²) >= 11 is 0. The summed E-state index contributed by atoms with van der Waals surface area (Å²) in [5.41, 5.74) is 3.01. The average Bonchev–Trinajstić information content (AvgIpc) is 3.03. The van der Waals surface area contributed by atoms with Gasteiger partial charge in [0.2, 0.25) is 5.91 Å². The zero-order valence-electron chi connectivity index (χ0n) is 14.3. The van der Waals surface area contributed by atoms with E-state index in [4.69, 9.17) is 4.74 Å². The molecule has 24 heavy (non-hydrogen) atoms. The van der Waals surface area contributed by atoms with Crippen molar-refractivity contribution in [2.75, 3.05) is 19.8 Å². The molecule has 3 rings (SSSR count). The van der Waals surface area contributed by atoms with Crippen LogP contribution in [0.15, 0.2) is 30.6 Å². The first-order valence-corrected chi connectivity index (χ1v) is 8.52. The van der Waals surface area contributed by atoms with Crippen molar-refractivity contribution in [2.45, 2.75) is 39.3 Å². The van der Waals surface area contributed by atoms with Gasteiger partial charge in [-0.05, 0) is 26.0 Å². The number of aromatic nitrogens is 3. The van der Waals surface area contributed by atoms with E-state index >= 15 is 0 Å². The van der Waals surface area contributed by atoms with E-state index in [1.807, 2.05) is 34.7 Å². The number of ether oxygens (including phenoxy) is 1. The normalized spacial score (nSPS) is 16.9. The van der Waals surface area contributed by atoms with Crippen molar-refractivity contribution in [1.82, 2.24) is 19.7 Å². The van der Waals surface area contributed by atoms with Crippen molar-refractivity contribution < 1.29 is 9.53 Å². The first-order valence-electron chi connectivity index (χ1n) is 8.52. The number of pyridine rings is 1. The Morgan fingerprint density at radius 3 is 2.96 bits per heavy atom. The molecule has 2 aromatic rings. The highest BCUT2D eigenvalue weighted by molar-refractivity contribution is 5.78. The largest absolute Gasteiger partial charge is 0.381 e. The maximum absolute atomic E-state index is 12.7. The number of aryl methyl sites for hydroxylation is 1. The van der Waals surface area contributed by atoms with Crippen LogP contribution in [0.4, 0.5) is 0 Å². The molecule has 1 aliphatic heterocycles. The maximum atomic E-state index is 12.7. The van der Waals surface area contributed by atoms with Gasteiger partial charge in [0, 0.05) is 55.8 Å². The summed E-state index contributed by atoms with van der Waals surface area (Å²) in [6.07, 6.45) is 4.11. The lowest BCUT2D eigenvalue weighted by molar-refractivity contribution is -0.132. The molecule has 2 aromatic heterocycles. The minimum Gasteiger partial charge on any atom is -0.381 e. The quantitative estimate of drug-likeness (QED) is 0.814. The lowest BCUT2D eigenvalue weighted by Gasteiger charge is -2.32. The van der Waals surface area contributed by atoms with Gasteiger partial charge >= 0.3 is 0 Å². The molecular weight excluding hydrogens is 304 g/mol. The summed E-state index contributed by atoms with van der Waals surface area (Å²) in [6.45, 7) is 7.41. The summed E-state index contributed by atoms with van der Waals surface area (Å²) in [6, 6.07) is 5.66. The minimum atomic E-state index is 0.102. The molecule has 1 unspecified atom stereocenters. The van der Waals surface area contributed by atoms with Crippen molar-refractivity contribution in [2.24, 2.45) is 0 Å². The molecule has 0 bridgehead atoms. The Kier molecular flexibility index (Phi) is 5.25. The molecule has 6 nitrogen and oxygen atoms in total. The number of rotatable bonds is 6. The number of nitrogens with zero attached hydrogens (tertiary/aromatic N) is 4. The van der Waals surface area contributed by atoms with Crippen LogP contribution < -0.4 is 0 Å². The SMILES string of the molecule is CCOCC1CN(C(=O)Cc2ccccn2)Cc2cn(CC)nc21. The Balaban J connectivity index is 1.76. The van der Waals surface area contributed by atoms with Crippen LogP contribution in [0.2, 0.25) is 0 Å². The molecule has 0 spiro atoms. The molecule has 1 aliphatic rings. The molecule has 0 N–H and O–H groups in total. The second kappa shape index (κ2) is 7.57. The molecule has 0 fully saturated rings. The van der Waals surface area contributed by atoms with E-state index in [0.29, 0.717) is 32.7 Å². The van der Waals surface area contributed by atoms with Crippen LogP contribution >= 0.6 is 0 Å². The topological polar surface area (TPSA) is 60.2 Å². The first-order chi connectivity index (χ1) is 11.7. The second-order valence-electron chi connectivity index (χ2n) is 6.02. The number of amides is 1. The molecule has 6 heteroatoms. The summed E-state index contributed by atoms with van der Waals surface area (Å²) in [5.74, 6) is 0.235. The van der Waals surface area contributed by atoms with Gasteiger partial charge in [0.05, 0.1) is 18.7 Å². The second-order valence-corrected chi connectivity index (χ2v) is 6.02. The summed E-state index contributed by atoms with van der Waals surface area (Å²) in [7, 11) is 0. The molecule has 1 atom stereocenters. The molecule has 0 saturated carbocycles. The van der Waals surface area contributed by atoms with Gasteiger partial charge in [-0.1, -0.05) is 6.07 Å². The van der Waals surface area contributed by atoms with Gasteiger partial charge in [0.25, 0.3) is 0 Å². The Morgan fingerprint density at radius 2 is 2.25 bits per heavy atom. The fraction of sp³-hybridized carbons (Fsp3) is 0.500. The summed E-state index contributed by atoms with van der Waals surface area (Å²) < 4.78 is 7.56. The van der Waals surface area contributed by atoms with Gasteiger partial charge < -0.3 is 9.64 Å². The van der Waals surface area contributed by atoms with Crippen LogP contribution in [0, 0.1) is 0 Å². The predicted octanol–water partition coefficient (Wildman–Crippen LogP) is 2.00. The fourth-order valence-electron chi connectivity index (χ4n) is 3.08. The predicted molar refractivity (Wildman–Crippen MR) is 90.5 cm³/mol. The van der Waals surface area contributed by atoms with Crippen LogP contribution in [0.5, 0.6) is 0 Å². The molecule has 0 saturated heterocycles. The Hall–Kier alpha value is -2.21. The van der Waals surface area contributed by atoms with Gasteiger partial charge in [-0.15, -0.1) is 0 Å².